The first kappa shape index (κ1) is 17.7. The van der Waals surface area contributed by atoms with Crippen molar-refractivity contribution in [2.45, 2.75) is 13.0 Å². The lowest BCUT2D eigenvalue weighted by Gasteiger charge is -2.33. The van der Waals surface area contributed by atoms with E-state index < -0.39 is 0 Å². The van der Waals surface area contributed by atoms with E-state index in [1.54, 1.807) is 0 Å². The number of ether oxygens (including phenoxy) is 2. The highest BCUT2D eigenvalue weighted by Gasteiger charge is 2.18. The highest BCUT2D eigenvalue weighted by atomic mass is 16.5. The molecule has 1 aromatic carbocycles. The summed E-state index contributed by atoms with van der Waals surface area (Å²) in [7, 11) is 2.16. The van der Waals surface area contributed by atoms with E-state index in [1.807, 2.05) is 36.5 Å². The van der Waals surface area contributed by atoms with Crippen molar-refractivity contribution in [3.8, 4) is 5.75 Å². The van der Waals surface area contributed by atoms with Gasteiger partial charge in [0.25, 0.3) is 0 Å². The van der Waals surface area contributed by atoms with Crippen molar-refractivity contribution >= 4 is 5.82 Å². The quantitative estimate of drug-likeness (QED) is 0.690. The summed E-state index contributed by atoms with van der Waals surface area (Å²) < 4.78 is 11.7. The molecular formula is C20H27N3O2. The van der Waals surface area contributed by atoms with Crippen LogP contribution in [-0.4, -0.2) is 56.3 Å². The number of nitrogens with zero attached hydrogens (tertiary/aromatic N) is 3. The minimum atomic E-state index is 0.640. The van der Waals surface area contributed by atoms with Gasteiger partial charge in [0.1, 0.15) is 0 Å². The van der Waals surface area contributed by atoms with Crippen molar-refractivity contribution < 1.29 is 9.47 Å². The van der Waals surface area contributed by atoms with Gasteiger partial charge < -0.3 is 19.3 Å². The molecule has 5 heteroatoms. The first-order valence-corrected chi connectivity index (χ1v) is 8.96. The molecule has 3 rings (SSSR count). The summed E-state index contributed by atoms with van der Waals surface area (Å²) in [6.45, 7) is 6.08. The molecule has 0 bridgehead atoms. The molecule has 1 saturated heterocycles. The van der Waals surface area contributed by atoms with Crippen LogP contribution in [-0.2, 0) is 11.3 Å². The average Bonchev–Trinajstić information content (AvgIpc) is 2.66. The summed E-state index contributed by atoms with van der Waals surface area (Å²) in [5.74, 6) is 1.83. The Bertz CT molecular complexity index is 628. The number of hydrogen-bond acceptors (Lipinski definition) is 5. The molecule has 1 fully saturated rings. The van der Waals surface area contributed by atoms with E-state index in [4.69, 9.17) is 9.47 Å². The van der Waals surface area contributed by atoms with E-state index in [1.165, 1.54) is 5.56 Å². The minimum Gasteiger partial charge on any atom is -0.490 e. The van der Waals surface area contributed by atoms with Crippen LogP contribution >= 0.6 is 0 Å². The average molecular weight is 341 g/mol. The maximum atomic E-state index is 5.97. The van der Waals surface area contributed by atoms with E-state index >= 15 is 0 Å². The zero-order valence-electron chi connectivity index (χ0n) is 14.9. The zero-order chi connectivity index (χ0) is 17.3. The Morgan fingerprint density at radius 1 is 0.960 bits per heavy atom. The number of pyridine rings is 1. The number of hydrogen-bond donors (Lipinski definition) is 0. The zero-order valence-corrected chi connectivity index (χ0v) is 14.9. The second-order valence-corrected chi connectivity index (χ2v) is 6.36. The third kappa shape index (κ3) is 5.44. The number of likely N-dealkylation sites (N-methyl/N-ethyl adjacent to an activating group) is 1. The van der Waals surface area contributed by atoms with Gasteiger partial charge in [-0.05, 0) is 24.7 Å². The first-order chi connectivity index (χ1) is 12.3. The van der Waals surface area contributed by atoms with Crippen LogP contribution in [0.4, 0.5) is 5.82 Å². The smallest absolute Gasteiger partial charge is 0.171 e. The summed E-state index contributed by atoms with van der Waals surface area (Å²) in [5, 5.41) is 0. The van der Waals surface area contributed by atoms with E-state index in [0.29, 0.717) is 19.8 Å². The molecule has 0 amide bonds. The number of piperazine rings is 1. The minimum absolute atomic E-state index is 0.640. The van der Waals surface area contributed by atoms with E-state index in [-0.39, 0.29) is 0 Å². The van der Waals surface area contributed by atoms with Crippen molar-refractivity contribution in [3.63, 3.8) is 0 Å². The third-order valence-corrected chi connectivity index (χ3v) is 4.36. The van der Waals surface area contributed by atoms with Gasteiger partial charge in [-0.2, -0.15) is 0 Å². The molecule has 0 N–H and O–H groups in total. The number of aromatic nitrogens is 1. The van der Waals surface area contributed by atoms with Gasteiger partial charge in [0.15, 0.2) is 11.6 Å². The molecule has 0 radical (unpaired) electrons. The van der Waals surface area contributed by atoms with Crippen LogP contribution in [0.1, 0.15) is 12.0 Å². The summed E-state index contributed by atoms with van der Waals surface area (Å²) in [6, 6.07) is 14.2. The molecule has 1 aromatic heterocycles. The fourth-order valence-corrected chi connectivity index (χ4v) is 2.86. The van der Waals surface area contributed by atoms with E-state index in [0.717, 1.165) is 44.2 Å². The predicted octanol–water partition coefficient (Wildman–Crippen LogP) is 2.82. The van der Waals surface area contributed by atoms with Crippen LogP contribution in [0.5, 0.6) is 5.75 Å². The highest BCUT2D eigenvalue weighted by molar-refractivity contribution is 5.52. The second kappa shape index (κ2) is 9.39. The van der Waals surface area contributed by atoms with Gasteiger partial charge in [0, 0.05) is 38.8 Å². The summed E-state index contributed by atoms with van der Waals surface area (Å²) in [6.07, 6.45) is 2.70. The molecule has 1 aliphatic rings. The van der Waals surface area contributed by atoms with Gasteiger partial charge in [-0.1, -0.05) is 30.3 Å². The largest absolute Gasteiger partial charge is 0.490 e. The van der Waals surface area contributed by atoms with Crippen molar-refractivity contribution in [1.29, 1.82) is 0 Å². The Balaban J connectivity index is 1.41. The summed E-state index contributed by atoms with van der Waals surface area (Å²) >= 11 is 0. The lowest BCUT2D eigenvalue weighted by molar-refractivity contribution is 0.107. The summed E-state index contributed by atoms with van der Waals surface area (Å²) in [4.78, 5) is 9.18. The maximum Gasteiger partial charge on any atom is 0.171 e. The Morgan fingerprint density at radius 2 is 1.76 bits per heavy atom. The van der Waals surface area contributed by atoms with Gasteiger partial charge in [-0.25, -0.2) is 4.98 Å². The molecule has 25 heavy (non-hydrogen) atoms. The van der Waals surface area contributed by atoms with E-state index in [9.17, 15) is 0 Å². The fourth-order valence-electron chi connectivity index (χ4n) is 2.86. The van der Waals surface area contributed by atoms with Crippen LogP contribution in [0.25, 0.3) is 0 Å². The molecular weight excluding hydrogens is 314 g/mol. The molecule has 0 aliphatic carbocycles. The molecule has 134 valence electrons. The van der Waals surface area contributed by atoms with Gasteiger partial charge in [-0.3, -0.25) is 0 Å². The van der Waals surface area contributed by atoms with Crippen molar-refractivity contribution in [3.05, 3.63) is 54.2 Å². The highest BCUT2D eigenvalue weighted by Crippen LogP contribution is 2.26. The number of anilines is 1. The SMILES string of the molecule is CN1CCN(c2ncccc2OCCCOCc2ccccc2)CC1. The Labute approximate surface area is 150 Å². The Kier molecular flexibility index (Phi) is 6.65. The molecule has 0 atom stereocenters. The normalized spacial score (nSPS) is 15.3. The Hall–Kier alpha value is -2.11. The third-order valence-electron chi connectivity index (χ3n) is 4.36. The fraction of sp³-hybridized carbons (Fsp3) is 0.450. The number of benzene rings is 1. The van der Waals surface area contributed by atoms with Gasteiger partial charge in [-0.15, -0.1) is 0 Å². The van der Waals surface area contributed by atoms with Crippen molar-refractivity contribution in [2.75, 3.05) is 51.3 Å². The van der Waals surface area contributed by atoms with Crippen LogP contribution in [0.2, 0.25) is 0 Å². The Morgan fingerprint density at radius 3 is 2.56 bits per heavy atom. The monoisotopic (exact) mass is 341 g/mol. The number of rotatable bonds is 8. The standard InChI is InChI=1S/C20H27N3O2/c1-22-11-13-23(14-12-22)20-19(9-5-10-21-20)25-16-6-15-24-17-18-7-3-2-4-8-18/h2-5,7-10H,6,11-17H2,1H3. The molecule has 0 unspecified atom stereocenters. The van der Waals surface area contributed by atoms with Gasteiger partial charge in [0.05, 0.1) is 19.8 Å². The molecule has 5 nitrogen and oxygen atoms in total. The van der Waals surface area contributed by atoms with Crippen LogP contribution in [0.15, 0.2) is 48.7 Å². The summed E-state index contributed by atoms with van der Waals surface area (Å²) in [5.41, 5.74) is 1.20. The van der Waals surface area contributed by atoms with Crippen LogP contribution in [0, 0.1) is 0 Å². The molecule has 1 aliphatic heterocycles. The second-order valence-electron chi connectivity index (χ2n) is 6.36. The molecule has 2 aromatic rings. The predicted molar refractivity (Wildman–Crippen MR) is 100 cm³/mol. The molecule has 0 spiro atoms. The molecule has 0 saturated carbocycles. The topological polar surface area (TPSA) is 37.8 Å². The van der Waals surface area contributed by atoms with Crippen LogP contribution in [0.3, 0.4) is 0 Å². The molecule has 2 heterocycles. The van der Waals surface area contributed by atoms with Gasteiger partial charge in [0.2, 0.25) is 0 Å². The van der Waals surface area contributed by atoms with Crippen LogP contribution < -0.4 is 9.64 Å². The van der Waals surface area contributed by atoms with Gasteiger partial charge >= 0.3 is 0 Å². The van der Waals surface area contributed by atoms with Crippen molar-refractivity contribution in [2.24, 2.45) is 0 Å². The van der Waals surface area contributed by atoms with E-state index in [2.05, 4.69) is 34.0 Å². The lowest BCUT2D eigenvalue weighted by atomic mass is 10.2. The first-order valence-electron chi connectivity index (χ1n) is 8.96. The lowest BCUT2D eigenvalue weighted by Crippen LogP contribution is -2.44. The van der Waals surface area contributed by atoms with Crippen molar-refractivity contribution in [1.82, 2.24) is 9.88 Å². The maximum absolute atomic E-state index is 5.97.